The van der Waals surface area contributed by atoms with Gasteiger partial charge in [0, 0.05) is 5.39 Å². The van der Waals surface area contributed by atoms with Gasteiger partial charge in [-0.2, -0.15) is 9.78 Å². The van der Waals surface area contributed by atoms with E-state index in [1.807, 2.05) is 32.9 Å². The van der Waals surface area contributed by atoms with Crippen molar-refractivity contribution in [2.75, 3.05) is 7.11 Å². The normalized spacial score (nSPS) is 11.6. The Bertz CT molecular complexity index is 629. The molecule has 0 fully saturated rings. The van der Waals surface area contributed by atoms with Crippen LogP contribution >= 0.6 is 22.6 Å². The van der Waals surface area contributed by atoms with Crippen LogP contribution in [0, 0.1) is 3.70 Å². The maximum Gasteiger partial charge on any atom is 0.435 e. The maximum absolute atomic E-state index is 12.2. The van der Waals surface area contributed by atoms with Crippen molar-refractivity contribution in [1.29, 1.82) is 0 Å². The molecule has 2 rings (SSSR count). The van der Waals surface area contributed by atoms with Crippen LogP contribution < -0.4 is 4.74 Å². The number of para-hydroxylation sites is 1. The molecule has 0 spiro atoms. The highest BCUT2D eigenvalue weighted by Crippen LogP contribution is 2.29. The number of ether oxygens (including phenoxy) is 2. The Balaban J connectivity index is 2.58. The van der Waals surface area contributed by atoms with Gasteiger partial charge >= 0.3 is 6.09 Å². The summed E-state index contributed by atoms with van der Waals surface area (Å²) in [7, 11) is 1.56. The molecule has 0 radical (unpaired) electrons. The van der Waals surface area contributed by atoms with Crippen LogP contribution in [0.25, 0.3) is 10.9 Å². The highest BCUT2D eigenvalue weighted by atomic mass is 127. The van der Waals surface area contributed by atoms with Crippen LogP contribution in [-0.4, -0.2) is 28.6 Å². The number of fused-ring (bicyclic) bond motifs is 1. The summed E-state index contributed by atoms with van der Waals surface area (Å²) in [6, 6.07) is 5.55. The number of rotatable bonds is 1. The van der Waals surface area contributed by atoms with Crippen molar-refractivity contribution in [1.82, 2.24) is 9.78 Å². The average Bonchev–Trinajstić information content (AvgIpc) is 2.65. The second-order valence-corrected chi connectivity index (χ2v) is 6.06. The number of hydrogen-bond donors (Lipinski definition) is 0. The van der Waals surface area contributed by atoms with E-state index in [4.69, 9.17) is 9.47 Å². The van der Waals surface area contributed by atoms with Crippen LogP contribution in [-0.2, 0) is 4.74 Å². The third kappa shape index (κ3) is 2.83. The molecule has 1 heterocycles. The Morgan fingerprint density at radius 2 is 2.05 bits per heavy atom. The first-order chi connectivity index (χ1) is 8.83. The van der Waals surface area contributed by atoms with Gasteiger partial charge in [0.1, 0.15) is 20.6 Å². The molecular weight excluding hydrogens is 359 g/mol. The van der Waals surface area contributed by atoms with Gasteiger partial charge in [-0.25, -0.2) is 4.79 Å². The molecule has 19 heavy (non-hydrogen) atoms. The second-order valence-electron chi connectivity index (χ2n) is 5.04. The monoisotopic (exact) mass is 374 g/mol. The molecule has 0 atom stereocenters. The maximum atomic E-state index is 12.2. The standard InChI is InChI=1S/C13H15IN2O3/c1-13(2,3)19-12(17)16-10-8(11(14)15-16)6-5-7-9(10)18-4/h5-7H,1-4H3. The molecule has 0 saturated heterocycles. The molecule has 2 aromatic rings. The van der Waals surface area contributed by atoms with Gasteiger partial charge in [-0.1, -0.05) is 6.07 Å². The Morgan fingerprint density at radius 1 is 1.37 bits per heavy atom. The minimum atomic E-state index is -0.567. The van der Waals surface area contributed by atoms with Crippen molar-refractivity contribution in [3.63, 3.8) is 0 Å². The lowest BCUT2D eigenvalue weighted by atomic mass is 10.2. The number of benzene rings is 1. The third-order valence-corrected chi connectivity index (χ3v) is 3.20. The zero-order valence-electron chi connectivity index (χ0n) is 11.2. The molecule has 0 aliphatic rings. The highest BCUT2D eigenvalue weighted by molar-refractivity contribution is 14.1. The van der Waals surface area contributed by atoms with Gasteiger partial charge in [-0.3, -0.25) is 0 Å². The Hall–Kier alpha value is -1.31. The molecule has 1 aromatic carbocycles. The summed E-state index contributed by atoms with van der Waals surface area (Å²) in [5, 5.41) is 5.10. The fraction of sp³-hybridized carbons (Fsp3) is 0.385. The molecule has 1 aromatic heterocycles. The smallest absolute Gasteiger partial charge is 0.435 e. The largest absolute Gasteiger partial charge is 0.494 e. The Morgan fingerprint density at radius 3 is 2.63 bits per heavy atom. The van der Waals surface area contributed by atoms with E-state index in [-0.39, 0.29) is 0 Å². The van der Waals surface area contributed by atoms with E-state index in [2.05, 4.69) is 27.7 Å². The number of halogens is 1. The Kier molecular flexibility index (Phi) is 3.71. The van der Waals surface area contributed by atoms with Crippen molar-refractivity contribution >= 4 is 39.6 Å². The molecule has 0 bridgehead atoms. The van der Waals surface area contributed by atoms with E-state index in [1.165, 1.54) is 4.68 Å². The molecule has 6 heteroatoms. The van der Waals surface area contributed by atoms with E-state index in [0.717, 1.165) is 9.09 Å². The van der Waals surface area contributed by atoms with Crippen LogP contribution in [0.5, 0.6) is 5.75 Å². The lowest BCUT2D eigenvalue weighted by Gasteiger charge is -2.19. The minimum absolute atomic E-state index is 0.509. The summed E-state index contributed by atoms with van der Waals surface area (Å²) in [5.41, 5.74) is 0.0617. The average molecular weight is 374 g/mol. The Labute approximate surface area is 125 Å². The first-order valence-corrected chi connectivity index (χ1v) is 6.86. The SMILES string of the molecule is COc1cccc2c(I)nn(C(=O)OC(C)(C)C)c12. The molecule has 102 valence electrons. The first kappa shape index (κ1) is 14.1. The topological polar surface area (TPSA) is 53.4 Å². The van der Waals surface area contributed by atoms with Crippen LogP contribution in [0.4, 0.5) is 4.79 Å². The molecule has 0 unspecified atom stereocenters. The number of aromatic nitrogens is 2. The summed E-state index contributed by atoms with van der Waals surface area (Å²) < 4.78 is 12.6. The van der Waals surface area contributed by atoms with Gasteiger partial charge in [-0.05, 0) is 55.5 Å². The van der Waals surface area contributed by atoms with Crippen LogP contribution in [0.1, 0.15) is 20.8 Å². The van der Waals surface area contributed by atoms with Gasteiger partial charge in [0.05, 0.1) is 7.11 Å². The van der Waals surface area contributed by atoms with E-state index in [1.54, 1.807) is 13.2 Å². The van der Waals surface area contributed by atoms with E-state index in [9.17, 15) is 4.79 Å². The van der Waals surface area contributed by atoms with Crippen LogP contribution in [0.15, 0.2) is 18.2 Å². The molecule has 5 nitrogen and oxygen atoms in total. The van der Waals surface area contributed by atoms with Crippen molar-refractivity contribution in [2.24, 2.45) is 0 Å². The van der Waals surface area contributed by atoms with Crippen LogP contribution in [0.3, 0.4) is 0 Å². The van der Waals surface area contributed by atoms with Crippen molar-refractivity contribution < 1.29 is 14.3 Å². The van der Waals surface area contributed by atoms with Crippen molar-refractivity contribution in [3.05, 3.63) is 21.9 Å². The summed E-state index contributed by atoms with van der Waals surface area (Å²) >= 11 is 2.09. The molecule has 0 amide bonds. The number of carbonyl (C=O) groups excluding carboxylic acids is 1. The minimum Gasteiger partial charge on any atom is -0.494 e. The van der Waals surface area contributed by atoms with Crippen molar-refractivity contribution in [3.8, 4) is 5.75 Å². The molecule has 0 aliphatic heterocycles. The zero-order chi connectivity index (χ0) is 14.2. The molecule has 0 aliphatic carbocycles. The fourth-order valence-electron chi connectivity index (χ4n) is 1.70. The summed E-state index contributed by atoms with van der Waals surface area (Å²) in [5.74, 6) is 0.596. The predicted octanol–water partition coefficient (Wildman–Crippen LogP) is 3.43. The fourth-order valence-corrected chi connectivity index (χ4v) is 2.35. The number of methoxy groups -OCH3 is 1. The summed E-state index contributed by atoms with van der Waals surface area (Å²) in [6.07, 6.45) is -0.509. The van der Waals surface area contributed by atoms with E-state index >= 15 is 0 Å². The second kappa shape index (κ2) is 4.99. The molecular formula is C13H15IN2O3. The zero-order valence-corrected chi connectivity index (χ0v) is 13.4. The quantitative estimate of drug-likeness (QED) is 0.718. The predicted molar refractivity (Wildman–Crippen MR) is 80.6 cm³/mol. The lowest BCUT2D eigenvalue weighted by Crippen LogP contribution is -2.27. The third-order valence-electron chi connectivity index (χ3n) is 2.41. The number of hydrogen-bond acceptors (Lipinski definition) is 4. The molecule has 0 N–H and O–H groups in total. The van der Waals surface area contributed by atoms with Gasteiger partial charge in [-0.15, -0.1) is 0 Å². The van der Waals surface area contributed by atoms with Gasteiger partial charge < -0.3 is 9.47 Å². The summed E-state index contributed by atoms with van der Waals surface area (Å²) in [6.45, 7) is 5.45. The van der Waals surface area contributed by atoms with Crippen LogP contribution in [0.2, 0.25) is 0 Å². The van der Waals surface area contributed by atoms with Crippen molar-refractivity contribution in [2.45, 2.75) is 26.4 Å². The number of nitrogens with zero attached hydrogens (tertiary/aromatic N) is 2. The van der Waals surface area contributed by atoms with Gasteiger partial charge in [0.15, 0.2) is 0 Å². The van der Waals surface area contributed by atoms with Gasteiger partial charge in [0.25, 0.3) is 0 Å². The first-order valence-electron chi connectivity index (χ1n) is 5.78. The lowest BCUT2D eigenvalue weighted by molar-refractivity contribution is 0.0521. The van der Waals surface area contributed by atoms with E-state index < -0.39 is 11.7 Å². The summed E-state index contributed by atoms with van der Waals surface area (Å²) in [4.78, 5) is 12.2. The highest BCUT2D eigenvalue weighted by Gasteiger charge is 2.23. The number of carbonyl (C=O) groups is 1. The van der Waals surface area contributed by atoms with E-state index in [0.29, 0.717) is 11.3 Å². The molecule has 0 saturated carbocycles. The van der Waals surface area contributed by atoms with Gasteiger partial charge in [0.2, 0.25) is 0 Å².